The molecular formula is C24H23NO4. The third kappa shape index (κ3) is 5.39. The van der Waals surface area contributed by atoms with Crippen LogP contribution in [0.15, 0.2) is 78.4 Å². The molecule has 0 bridgehead atoms. The van der Waals surface area contributed by atoms with Crippen LogP contribution in [0, 0.1) is 0 Å². The summed E-state index contributed by atoms with van der Waals surface area (Å²) < 4.78 is 16.3. The topological polar surface area (TPSA) is 56.8 Å². The van der Waals surface area contributed by atoms with Gasteiger partial charge in [-0.25, -0.2) is 0 Å². The summed E-state index contributed by atoms with van der Waals surface area (Å²) in [5.41, 5.74) is 2.11. The first kappa shape index (κ1) is 20.0. The number of methoxy groups -OCH3 is 2. The fourth-order valence-corrected chi connectivity index (χ4v) is 2.72. The van der Waals surface area contributed by atoms with Gasteiger partial charge in [0.1, 0.15) is 11.5 Å². The Balaban J connectivity index is 1.65. The number of ether oxygens (including phenoxy) is 3. The lowest BCUT2D eigenvalue weighted by Crippen LogP contribution is -2.12. The predicted octanol–water partition coefficient (Wildman–Crippen LogP) is 5.54. The summed E-state index contributed by atoms with van der Waals surface area (Å²) in [6.45, 7) is 1.76. The molecule has 0 fully saturated rings. The monoisotopic (exact) mass is 389 g/mol. The minimum absolute atomic E-state index is 0.184. The van der Waals surface area contributed by atoms with E-state index in [4.69, 9.17) is 14.2 Å². The fourth-order valence-electron chi connectivity index (χ4n) is 2.72. The zero-order valence-electron chi connectivity index (χ0n) is 16.6. The number of amides is 1. The van der Waals surface area contributed by atoms with Crippen LogP contribution in [0.4, 0.5) is 5.69 Å². The van der Waals surface area contributed by atoms with Gasteiger partial charge in [0.05, 0.1) is 14.2 Å². The average molecular weight is 389 g/mol. The Morgan fingerprint density at radius 3 is 2.14 bits per heavy atom. The standard InChI is InChI=1S/C24H23NO4/c1-17(15-18-9-14-22(27-2)23(16-18)28-3)24(26)25-19-10-12-21(13-11-19)29-20-7-5-4-6-8-20/h4-16H,1-3H3,(H,25,26)/b17-15+. The lowest BCUT2D eigenvalue weighted by Gasteiger charge is -2.09. The lowest BCUT2D eigenvalue weighted by atomic mass is 10.1. The summed E-state index contributed by atoms with van der Waals surface area (Å²) in [5.74, 6) is 2.54. The van der Waals surface area contributed by atoms with Gasteiger partial charge >= 0.3 is 0 Å². The average Bonchev–Trinajstić information content (AvgIpc) is 2.75. The summed E-state index contributed by atoms with van der Waals surface area (Å²) >= 11 is 0. The molecule has 0 aliphatic carbocycles. The van der Waals surface area contributed by atoms with Gasteiger partial charge < -0.3 is 19.5 Å². The highest BCUT2D eigenvalue weighted by Crippen LogP contribution is 2.28. The van der Waals surface area contributed by atoms with Gasteiger partial charge in [0.2, 0.25) is 0 Å². The highest BCUT2D eigenvalue weighted by atomic mass is 16.5. The van der Waals surface area contributed by atoms with E-state index in [2.05, 4.69) is 5.32 Å². The molecule has 0 heterocycles. The molecule has 1 N–H and O–H groups in total. The second-order valence-corrected chi connectivity index (χ2v) is 6.34. The lowest BCUT2D eigenvalue weighted by molar-refractivity contribution is -0.112. The summed E-state index contributed by atoms with van der Waals surface area (Å²) in [6.07, 6.45) is 1.80. The maximum absolute atomic E-state index is 12.5. The molecule has 0 saturated carbocycles. The molecule has 0 radical (unpaired) electrons. The molecule has 5 heteroatoms. The maximum Gasteiger partial charge on any atom is 0.251 e. The minimum atomic E-state index is -0.184. The fraction of sp³-hybridized carbons (Fsp3) is 0.125. The number of nitrogens with one attached hydrogen (secondary N) is 1. The molecule has 29 heavy (non-hydrogen) atoms. The van der Waals surface area contributed by atoms with Crippen molar-refractivity contribution in [3.05, 3.63) is 83.9 Å². The first-order chi connectivity index (χ1) is 14.1. The number of benzene rings is 3. The molecule has 0 spiro atoms. The molecule has 0 aromatic heterocycles. The molecule has 0 aliphatic heterocycles. The molecule has 0 saturated heterocycles. The van der Waals surface area contributed by atoms with E-state index < -0.39 is 0 Å². The molecule has 0 unspecified atom stereocenters. The third-order valence-corrected chi connectivity index (χ3v) is 4.24. The van der Waals surface area contributed by atoms with E-state index in [0.29, 0.717) is 28.5 Å². The molecule has 0 atom stereocenters. The Morgan fingerprint density at radius 2 is 1.48 bits per heavy atom. The number of hydrogen-bond donors (Lipinski definition) is 1. The Hall–Kier alpha value is -3.73. The van der Waals surface area contributed by atoms with Gasteiger partial charge in [-0.3, -0.25) is 4.79 Å². The highest BCUT2D eigenvalue weighted by Gasteiger charge is 2.08. The first-order valence-electron chi connectivity index (χ1n) is 9.13. The van der Waals surface area contributed by atoms with Crippen molar-refractivity contribution in [2.24, 2.45) is 0 Å². The van der Waals surface area contributed by atoms with E-state index in [1.54, 1.807) is 45.4 Å². The quantitative estimate of drug-likeness (QED) is 0.539. The maximum atomic E-state index is 12.5. The van der Waals surface area contributed by atoms with Crippen LogP contribution in [0.1, 0.15) is 12.5 Å². The van der Waals surface area contributed by atoms with E-state index in [9.17, 15) is 4.79 Å². The van der Waals surface area contributed by atoms with Gasteiger partial charge in [-0.2, -0.15) is 0 Å². The van der Waals surface area contributed by atoms with Gasteiger partial charge in [-0.05, 0) is 67.1 Å². The van der Waals surface area contributed by atoms with Crippen molar-refractivity contribution in [1.29, 1.82) is 0 Å². The third-order valence-electron chi connectivity index (χ3n) is 4.24. The molecule has 3 aromatic rings. The zero-order chi connectivity index (χ0) is 20.6. The van der Waals surface area contributed by atoms with Gasteiger partial charge in [0.25, 0.3) is 5.91 Å². The number of para-hydroxylation sites is 1. The Labute approximate surface area is 170 Å². The minimum Gasteiger partial charge on any atom is -0.493 e. The smallest absolute Gasteiger partial charge is 0.251 e. The van der Waals surface area contributed by atoms with E-state index >= 15 is 0 Å². The molecule has 3 rings (SSSR count). The number of carbonyl (C=O) groups is 1. The largest absolute Gasteiger partial charge is 0.493 e. The van der Waals surface area contributed by atoms with Crippen molar-refractivity contribution in [2.75, 3.05) is 19.5 Å². The normalized spacial score (nSPS) is 10.9. The molecule has 5 nitrogen and oxygen atoms in total. The van der Waals surface area contributed by atoms with Crippen LogP contribution in [-0.2, 0) is 4.79 Å². The Kier molecular flexibility index (Phi) is 6.53. The van der Waals surface area contributed by atoms with E-state index in [1.165, 1.54) is 0 Å². The van der Waals surface area contributed by atoms with Crippen molar-refractivity contribution in [2.45, 2.75) is 6.92 Å². The number of rotatable bonds is 7. The Morgan fingerprint density at radius 1 is 0.828 bits per heavy atom. The van der Waals surface area contributed by atoms with Crippen LogP contribution in [0.3, 0.4) is 0 Å². The van der Waals surface area contributed by atoms with Crippen LogP contribution in [0.5, 0.6) is 23.0 Å². The number of hydrogen-bond acceptors (Lipinski definition) is 4. The SMILES string of the molecule is COc1ccc(/C=C(\C)C(=O)Nc2ccc(Oc3ccccc3)cc2)cc1OC. The van der Waals surface area contributed by atoms with Crippen molar-refractivity contribution in [1.82, 2.24) is 0 Å². The van der Waals surface area contributed by atoms with Crippen LogP contribution in [0.25, 0.3) is 6.08 Å². The van der Waals surface area contributed by atoms with Gasteiger partial charge in [0.15, 0.2) is 11.5 Å². The van der Waals surface area contributed by atoms with Crippen LogP contribution < -0.4 is 19.5 Å². The van der Waals surface area contributed by atoms with Gasteiger partial charge in [0, 0.05) is 11.3 Å². The van der Waals surface area contributed by atoms with Crippen LogP contribution >= 0.6 is 0 Å². The second-order valence-electron chi connectivity index (χ2n) is 6.34. The first-order valence-corrected chi connectivity index (χ1v) is 9.13. The summed E-state index contributed by atoms with van der Waals surface area (Å²) in [5, 5.41) is 2.89. The summed E-state index contributed by atoms with van der Waals surface area (Å²) in [4.78, 5) is 12.5. The van der Waals surface area contributed by atoms with Crippen molar-refractivity contribution in [3.63, 3.8) is 0 Å². The van der Waals surface area contributed by atoms with E-state index in [0.717, 1.165) is 11.3 Å². The van der Waals surface area contributed by atoms with Gasteiger partial charge in [-0.1, -0.05) is 24.3 Å². The molecule has 0 aliphatic rings. The molecule has 1 amide bonds. The van der Waals surface area contributed by atoms with Crippen molar-refractivity contribution >= 4 is 17.7 Å². The van der Waals surface area contributed by atoms with E-state index in [-0.39, 0.29) is 5.91 Å². The molecule has 148 valence electrons. The van der Waals surface area contributed by atoms with Gasteiger partial charge in [-0.15, -0.1) is 0 Å². The van der Waals surface area contributed by atoms with Crippen molar-refractivity contribution in [3.8, 4) is 23.0 Å². The predicted molar refractivity (Wildman–Crippen MR) is 115 cm³/mol. The number of anilines is 1. The summed E-state index contributed by atoms with van der Waals surface area (Å²) in [7, 11) is 3.16. The second kappa shape index (κ2) is 9.46. The highest BCUT2D eigenvalue weighted by molar-refractivity contribution is 6.06. The van der Waals surface area contributed by atoms with E-state index in [1.807, 2.05) is 54.6 Å². The van der Waals surface area contributed by atoms with Crippen LogP contribution in [-0.4, -0.2) is 20.1 Å². The molecular weight excluding hydrogens is 366 g/mol. The summed E-state index contributed by atoms with van der Waals surface area (Å²) in [6, 6.07) is 22.3. The number of carbonyl (C=O) groups excluding carboxylic acids is 1. The van der Waals surface area contributed by atoms with Crippen LogP contribution in [0.2, 0.25) is 0 Å². The Bertz CT molecular complexity index is 995. The molecule has 3 aromatic carbocycles. The zero-order valence-corrected chi connectivity index (χ0v) is 16.6. The van der Waals surface area contributed by atoms with Crippen molar-refractivity contribution < 1.29 is 19.0 Å².